The molecule has 2 aliphatic heterocycles. The Morgan fingerprint density at radius 3 is 2.60 bits per heavy atom. The standard InChI is InChI=1S/C18H24N4O2S/c1-14-3-5-16(6-4-14)22-11-15(9-19-22)10-21-8-7-20(2)17-12-25(23,24)13-18(17)21/h3-6,9,11,17-18H,7-8,10,12-13H2,1-2H3/t17-,18+/m1/s1. The van der Waals surface area contributed by atoms with Gasteiger partial charge in [-0.25, -0.2) is 13.1 Å². The number of sulfone groups is 1. The van der Waals surface area contributed by atoms with E-state index in [1.807, 2.05) is 24.1 Å². The number of hydrogen-bond acceptors (Lipinski definition) is 5. The maximum Gasteiger partial charge on any atom is 0.153 e. The van der Waals surface area contributed by atoms with Crippen LogP contribution in [0.5, 0.6) is 0 Å². The number of fused-ring (bicyclic) bond motifs is 1. The summed E-state index contributed by atoms with van der Waals surface area (Å²) >= 11 is 0. The predicted octanol–water partition coefficient (Wildman–Crippen LogP) is 1.09. The molecule has 2 atom stereocenters. The molecule has 25 heavy (non-hydrogen) atoms. The Labute approximate surface area is 149 Å². The predicted molar refractivity (Wildman–Crippen MR) is 97.6 cm³/mol. The van der Waals surface area contributed by atoms with Crippen molar-refractivity contribution in [2.24, 2.45) is 0 Å². The molecule has 3 heterocycles. The number of hydrogen-bond donors (Lipinski definition) is 0. The van der Waals surface area contributed by atoms with Crippen LogP contribution in [0.15, 0.2) is 36.7 Å². The molecule has 2 aromatic rings. The van der Waals surface area contributed by atoms with Crippen LogP contribution in [-0.4, -0.2) is 71.7 Å². The van der Waals surface area contributed by atoms with Gasteiger partial charge in [-0.05, 0) is 26.1 Å². The van der Waals surface area contributed by atoms with Crippen LogP contribution >= 0.6 is 0 Å². The van der Waals surface area contributed by atoms with E-state index in [2.05, 4.69) is 46.1 Å². The van der Waals surface area contributed by atoms with Crippen LogP contribution in [0.1, 0.15) is 11.1 Å². The fourth-order valence-electron chi connectivity index (χ4n) is 3.91. The van der Waals surface area contributed by atoms with Crippen LogP contribution in [0.2, 0.25) is 0 Å². The summed E-state index contributed by atoms with van der Waals surface area (Å²) in [6.07, 6.45) is 3.93. The van der Waals surface area contributed by atoms with E-state index in [-0.39, 0.29) is 23.6 Å². The third-order valence-electron chi connectivity index (χ3n) is 5.39. The second kappa shape index (κ2) is 6.23. The van der Waals surface area contributed by atoms with Crippen molar-refractivity contribution in [3.05, 3.63) is 47.8 Å². The Morgan fingerprint density at radius 2 is 1.84 bits per heavy atom. The number of piperazine rings is 1. The van der Waals surface area contributed by atoms with Gasteiger partial charge in [0.15, 0.2) is 9.84 Å². The molecule has 4 rings (SSSR count). The van der Waals surface area contributed by atoms with Crippen LogP contribution in [-0.2, 0) is 16.4 Å². The van der Waals surface area contributed by atoms with Gasteiger partial charge in [0.1, 0.15) is 0 Å². The van der Waals surface area contributed by atoms with Crippen molar-refractivity contribution in [2.45, 2.75) is 25.6 Å². The molecule has 134 valence electrons. The minimum Gasteiger partial charge on any atom is -0.300 e. The van der Waals surface area contributed by atoms with Gasteiger partial charge < -0.3 is 0 Å². The average Bonchev–Trinajstić information content (AvgIpc) is 3.15. The molecular formula is C18H24N4O2S. The summed E-state index contributed by atoms with van der Waals surface area (Å²) in [6.45, 7) is 4.61. The Balaban J connectivity index is 1.51. The van der Waals surface area contributed by atoms with Crippen molar-refractivity contribution in [2.75, 3.05) is 31.6 Å². The van der Waals surface area contributed by atoms with Crippen LogP contribution in [0, 0.1) is 6.92 Å². The lowest BCUT2D eigenvalue weighted by molar-refractivity contribution is 0.0573. The van der Waals surface area contributed by atoms with Gasteiger partial charge in [0, 0.05) is 43.5 Å². The van der Waals surface area contributed by atoms with Gasteiger partial charge >= 0.3 is 0 Å². The van der Waals surface area contributed by atoms with Crippen molar-refractivity contribution in [1.29, 1.82) is 0 Å². The summed E-state index contributed by atoms with van der Waals surface area (Å²) in [5.74, 6) is 0.557. The van der Waals surface area contributed by atoms with Gasteiger partial charge in [-0.1, -0.05) is 17.7 Å². The monoisotopic (exact) mass is 360 g/mol. The average molecular weight is 360 g/mol. The third kappa shape index (κ3) is 3.36. The summed E-state index contributed by atoms with van der Waals surface area (Å²) in [4.78, 5) is 4.51. The van der Waals surface area contributed by atoms with E-state index in [4.69, 9.17) is 0 Å². The first-order valence-electron chi connectivity index (χ1n) is 8.67. The van der Waals surface area contributed by atoms with Gasteiger partial charge in [0.05, 0.1) is 23.4 Å². The number of rotatable bonds is 3. The molecule has 1 aromatic carbocycles. The zero-order chi connectivity index (χ0) is 17.6. The van der Waals surface area contributed by atoms with Crippen LogP contribution in [0.25, 0.3) is 5.69 Å². The normalized spacial score (nSPS) is 26.6. The highest BCUT2D eigenvalue weighted by Crippen LogP contribution is 2.27. The molecule has 0 N–H and O–H groups in total. The third-order valence-corrected chi connectivity index (χ3v) is 7.09. The van der Waals surface area contributed by atoms with E-state index in [9.17, 15) is 8.42 Å². The fraction of sp³-hybridized carbons (Fsp3) is 0.500. The Kier molecular flexibility index (Phi) is 4.17. The highest BCUT2D eigenvalue weighted by molar-refractivity contribution is 7.91. The lowest BCUT2D eigenvalue weighted by atomic mass is 10.1. The van der Waals surface area contributed by atoms with Crippen molar-refractivity contribution >= 4 is 9.84 Å². The van der Waals surface area contributed by atoms with E-state index in [0.29, 0.717) is 0 Å². The summed E-state index contributed by atoms with van der Waals surface area (Å²) in [6, 6.07) is 8.47. The molecule has 2 saturated heterocycles. The van der Waals surface area contributed by atoms with E-state index in [1.54, 1.807) is 0 Å². The number of aryl methyl sites for hydroxylation is 1. The summed E-state index contributed by atoms with van der Waals surface area (Å²) in [5, 5.41) is 4.47. The van der Waals surface area contributed by atoms with Gasteiger partial charge in [-0.2, -0.15) is 5.10 Å². The first-order chi connectivity index (χ1) is 11.9. The summed E-state index contributed by atoms with van der Waals surface area (Å²) < 4.78 is 26.1. The van der Waals surface area contributed by atoms with Gasteiger partial charge in [-0.15, -0.1) is 0 Å². The molecule has 0 spiro atoms. The van der Waals surface area contributed by atoms with Crippen LogP contribution < -0.4 is 0 Å². The first kappa shape index (κ1) is 16.8. The smallest absolute Gasteiger partial charge is 0.153 e. The largest absolute Gasteiger partial charge is 0.300 e. The maximum atomic E-state index is 12.1. The topological polar surface area (TPSA) is 58.4 Å². The molecule has 0 bridgehead atoms. The molecule has 0 unspecified atom stereocenters. The van der Waals surface area contributed by atoms with Crippen molar-refractivity contribution < 1.29 is 8.42 Å². The SMILES string of the molecule is Cc1ccc(-n2cc(CN3CCN(C)[C@@H]4CS(=O)(=O)C[C@@H]43)cn2)cc1. The van der Waals surface area contributed by atoms with E-state index < -0.39 is 9.84 Å². The molecule has 1 aromatic heterocycles. The lowest BCUT2D eigenvalue weighted by Gasteiger charge is -2.42. The second-order valence-corrected chi connectivity index (χ2v) is 9.45. The molecule has 7 heteroatoms. The van der Waals surface area contributed by atoms with Crippen molar-refractivity contribution in [1.82, 2.24) is 19.6 Å². The number of benzene rings is 1. The van der Waals surface area contributed by atoms with Gasteiger partial charge in [-0.3, -0.25) is 9.80 Å². The zero-order valence-electron chi connectivity index (χ0n) is 14.7. The number of aromatic nitrogens is 2. The highest BCUT2D eigenvalue weighted by Gasteiger charge is 2.45. The maximum absolute atomic E-state index is 12.1. The molecule has 2 aliphatic rings. The quantitative estimate of drug-likeness (QED) is 0.820. The Morgan fingerprint density at radius 1 is 1.12 bits per heavy atom. The number of nitrogens with zero attached hydrogens (tertiary/aromatic N) is 4. The molecule has 2 fully saturated rings. The molecule has 0 aliphatic carbocycles. The van der Waals surface area contributed by atoms with E-state index in [1.165, 1.54) is 5.56 Å². The molecule has 0 amide bonds. The van der Waals surface area contributed by atoms with E-state index in [0.717, 1.165) is 30.9 Å². The molecule has 0 saturated carbocycles. The van der Waals surface area contributed by atoms with Crippen LogP contribution in [0.4, 0.5) is 0 Å². The Bertz CT molecular complexity index is 859. The van der Waals surface area contributed by atoms with Gasteiger partial charge in [0.25, 0.3) is 0 Å². The van der Waals surface area contributed by atoms with Crippen LogP contribution in [0.3, 0.4) is 0 Å². The molecular weight excluding hydrogens is 336 g/mol. The first-order valence-corrected chi connectivity index (χ1v) is 10.5. The lowest BCUT2D eigenvalue weighted by Crippen LogP contribution is -2.57. The molecule has 6 nitrogen and oxygen atoms in total. The fourth-order valence-corrected chi connectivity index (χ4v) is 6.00. The minimum atomic E-state index is -2.93. The summed E-state index contributed by atoms with van der Waals surface area (Å²) in [5.41, 5.74) is 3.38. The highest BCUT2D eigenvalue weighted by atomic mass is 32.2. The number of likely N-dealkylation sites (N-methyl/N-ethyl adjacent to an activating group) is 1. The second-order valence-electron chi connectivity index (χ2n) is 7.29. The molecule has 0 radical (unpaired) electrons. The minimum absolute atomic E-state index is 0.0893. The van der Waals surface area contributed by atoms with Gasteiger partial charge in [0.2, 0.25) is 0 Å². The van der Waals surface area contributed by atoms with Crippen molar-refractivity contribution in [3.63, 3.8) is 0 Å². The van der Waals surface area contributed by atoms with E-state index >= 15 is 0 Å². The Hall–Kier alpha value is -1.70. The zero-order valence-corrected chi connectivity index (χ0v) is 15.5. The van der Waals surface area contributed by atoms with Crippen molar-refractivity contribution in [3.8, 4) is 5.69 Å². The summed E-state index contributed by atoms with van der Waals surface area (Å²) in [7, 11) is -0.900.